The van der Waals surface area contributed by atoms with Crippen molar-refractivity contribution in [3.8, 4) is 0 Å². The molecule has 0 atom stereocenters. The topological polar surface area (TPSA) is 34.1 Å². The van der Waals surface area contributed by atoms with Crippen molar-refractivity contribution in [2.45, 2.75) is 19.6 Å². The van der Waals surface area contributed by atoms with Crippen LogP contribution in [0.2, 0.25) is 0 Å². The molecule has 0 N–H and O–H groups in total. The molecule has 0 radical (unpaired) electrons. The first kappa shape index (κ1) is 11.7. The molecule has 0 aliphatic heterocycles. The summed E-state index contributed by atoms with van der Waals surface area (Å²) in [5.74, 6) is -0.554. The molecule has 78 valence electrons. The highest BCUT2D eigenvalue weighted by Crippen LogP contribution is 2.23. The molecule has 5 heteroatoms. The molecule has 0 aromatic heterocycles. The molecule has 0 heterocycles. The molecule has 0 spiro atoms. The normalized spacial score (nSPS) is 11.7. The van der Waals surface area contributed by atoms with Crippen LogP contribution < -0.4 is 0 Å². The molecule has 0 unspecified atom stereocenters. The van der Waals surface area contributed by atoms with E-state index in [4.69, 9.17) is 0 Å². The van der Waals surface area contributed by atoms with Crippen LogP contribution in [0.4, 0.5) is 3.89 Å². The third-order valence-corrected chi connectivity index (χ3v) is 3.76. The van der Waals surface area contributed by atoms with E-state index in [1.54, 1.807) is 12.1 Å². The number of aryl methyl sites for hydroxylation is 2. The lowest BCUT2D eigenvalue weighted by Crippen LogP contribution is -1.97. The first-order valence-electron chi connectivity index (χ1n) is 3.97. The maximum absolute atomic E-state index is 12.4. The first-order valence-corrected chi connectivity index (χ1v) is 6.32. The van der Waals surface area contributed by atoms with E-state index in [2.05, 4.69) is 15.9 Å². The average Bonchev–Trinajstić information content (AvgIpc) is 1.96. The Morgan fingerprint density at radius 3 is 2.07 bits per heavy atom. The number of halogens is 2. The summed E-state index contributed by atoms with van der Waals surface area (Å²) in [5.41, 5.74) is 2.29. The Hall–Kier alpha value is -0.420. The van der Waals surface area contributed by atoms with Crippen LogP contribution in [0.3, 0.4) is 0 Å². The Morgan fingerprint density at radius 1 is 1.29 bits per heavy atom. The van der Waals surface area contributed by atoms with E-state index in [1.807, 2.05) is 13.8 Å². The average molecular weight is 281 g/mol. The van der Waals surface area contributed by atoms with Crippen LogP contribution >= 0.6 is 15.9 Å². The summed E-state index contributed by atoms with van der Waals surface area (Å²) >= 11 is 3.35. The monoisotopic (exact) mass is 280 g/mol. The maximum Gasteiger partial charge on any atom is 0.306 e. The van der Waals surface area contributed by atoms with Crippen LogP contribution in [-0.4, -0.2) is 8.42 Å². The van der Waals surface area contributed by atoms with E-state index in [0.717, 1.165) is 15.6 Å². The van der Waals surface area contributed by atoms with Crippen molar-refractivity contribution < 1.29 is 12.3 Å². The van der Waals surface area contributed by atoms with Gasteiger partial charge < -0.3 is 0 Å². The summed E-state index contributed by atoms with van der Waals surface area (Å²) in [6, 6.07) is 3.32. The zero-order chi connectivity index (χ0) is 10.9. The molecule has 0 fully saturated rings. The zero-order valence-corrected chi connectivity index (χ0v) is 10.2. The van der Waals surface area contributed by atoms with E-state index < -0.39 is 16.0 Å². The van der Waals surface area contributed by atoms with E-state index in [9.17, 15) is 12.3 Å². The SMILES string of the molecule is Cc1cc(CS(=O)(=O)F)cc(C)c1Br. The summed E-state index contributed by atoms with van der Waals surface area (Å²) in [5, 5.41) is 0. The smallest absolute Gasteiger partial charge is 0.194 e. The van der Waals surface area contributed by atoms with Crippen molar-refractivity contribution in [3.63, 3.8) is 0 Å². The lowest BCUT2D eigenvalue weighted by molar-refractivity contribution is 0.551. The van der Waals surface area contributed by atoms with Gasteiger partial charge in [-0.2, -0.15) is 8.42 Å². The van der Waals surface area contributed by atoms with Gasteiger partial charge in [-0.3, -0.25) is 0 Å². The Labute approximate surface area is 91.5 Å². The predicted molar refractivity (Wildman–Crippen MR) is 57.3 cm³/mol. The van der Waals surface area contributed by atoms with Crippen LogP contribution in [-0.2, 0) is 16.0 Å². The molecule has 1 rings (SSSR count). The lowest BCUT2D eigenvalue weighted by atomic mass is 10.1. The fraction of sp³-hybridized carbons (Fsp3) is 0.333. The third-order valence-electron chi connectivity index (χ3n) is 1.84. The number of hydrogen-bond donors (Lipinski definition) is 0. The van der Waals surface area contributed by atoms with Crippen LogP contribution in [0.5, 0.6) is 0 Å². The van der Waals surface area contributed by atoms with Gasteiger partial charge in [0.05, 0.1) is 0 Å². The molecule has 0 saturated carbocycles. The molecule has 0 aliphatic carbocycles. The lowest BCUT2D eigenvalue weighted by Gasteiger charge is -2.05. The summed E-state index contributed by atoms with van der Waals surface area (Å²) in [6.45, 7) is 3.68. The van der Waals surface area contributed by atoms with Crippen LogP contribution in [0.1, 0.15) is 16.7 Å². The van der Waals surface area contributed by atoms with E-state index in [0.29, 0.717) is 5.56 Å². The molecule has 1 aromatic carbocycles. The van der Waals surface area contributed by atoms with Gasteiger partial charge >= 0.3 is 10.2 Å². The highest BCUT2D eigenvalue weighted by Gasteiger charge is 2.10. The van der Waals surface area contributed by atoms with Gasteiger partial charge in [0.2, 0.25) is 0 Å². The van der Waals surface area contributed by atoms with E-state index in [-0.39, 0.29) is 0 Å². The molecular formula is C9H10BrFO2S. The van der Waals surface area contributed by atoms with Gasteiger partial charge in [0, 0.05) is 4.47 Å². The second kappa shape index (κ2) is 3.98. The Morgan fingerprint density at radius 2 is 1.71 bits per heavy atom. The summed E-state index contributed by atoms with van der Waals surface area (Å²) < 4.78 is 34.2. The van der Waals surface area contributed by atoms with Crippen LogP contribution in [0.15, 0.2) is 16.6 Å². The summed E-state index contributed by atoms with van der Waals surface area (Å²) in [6.07, 6.45) is 0. The Bertz CT molecular complexity index is 431. The molecule has 0 bridgehead atoms. The minimum absolute atomic E-state index is 0.478. The summed E-state index contributed by atoms with van der Waals surface area (Å²) in [7, 11) is -4.44. The van der Waals surface area contributed by atoms with Gasteiger partial charge in [-0.05, 0) is 30.5 Å². The van der Waals surface area contributed by atoms with Gasteiger partial charge in [-0.1, -0.05) is 28.1 Å². The molecule has 14 heavy (non-hydrogen) atoms. The minimum atomic E-state index is -4.44. The zero-order valence-electron chi connectivity index (χ0n) is 7.84. The van der Waals surface area contributed by atoms with E-state index in [1.165, 1.54) is 0 Å². The van der Waals surface area contributed by atoms with E-state index >= 15 is 0 Å². The fourth-order valence-electron chi connectivity index (χ4n) is 1.32. The molecule has 2 nitrogen and oxygen atoms in total. The maximum atomic E-state index is 12.4. The molecule has 0 amide bonds. The van der Waals surface area contributed by atoms with Gasteiger partial charge in [0.15, 0.2) is 0 Å². The third kappa shape index (κ3) is 3.06. The van der Waals surface area contributed by atoms with Crippen molar-refractivity contribution in [1.82, 2.24) is 0 Å². The van der Waals surface area contributed by atoms with Crippen LogP contribution in [0.25, 0.3) is 0 Å². The number of benzene rings is 1. The molecular weight excluding hydrogens is 271 g/mol. The predicted octanol–water partition coefficient (Wildman–Crippen LogP) is 2.87. The van der Waals surface area contributed by atoms with Crippen molar-refractivity contribution in [1.29, 1.82) is 0 Å². The fourth-order valence-corrected chi connectivity index (χ4v) is 2.11. The van der Waals surface area contributed by atoms with Crippen molar-refractivity contribution >= 4 is 26.2 Å². The van der Waals surface area contributed by atoms with Crippen molar-refractivity contribution in [2.24, 2.45) is 0 Å². The van der Waals surface area contributed by atoms with Gasteiger partial charge in [0.1, 0.15) is 5.75 Å². The highest BCUT2D eigenvalue weighted by molar-refractivity contribution is 9.10. The van der Waals surface area contributed by atoms with Crippen molar-refractivity contribution in [3.05, 3.63) is 33.3 Å². The molecule has 0 saturated heterocycles. The van der Waals surface area contributed by atoms with Crippen molar-refractivity contribution in [2.75, 3.05) is 0 Å². The second-order valence-electron chi connectivity index (χ2n) is 3.23. The van der Waals surface area contributed by atoms with Gasteiger partial charge in [0.25, 0.3) is 0 Å². The standard InChI is InChI=1S/C9H10BrFO2S/c1-6-3-8(5-14(11,12)13)4-7(2)9(6)10/h3-4H,5H2,1-2H3. The first-order chi connectivity index (χ1) is 6.29. The molecule has 0 aliphatic rings. The largest absolute Gasteiger partial charge is 0.306 e. The van der Waals surface area contributed by atoms with Crippen LogP contribution in [0, 0.1) is 13.8 Å². The minimum Gasteiger partial charge on any atom is -0.194 e. The highest BCUT2D eigenvalue weighted by atomic mass is 79.9. The molecule has 1 aromatic rings. The Kier molecular flexibility index (Phi) is 3.32. The number of hydrogen-bond acceptors (Lipinski definition) is 2. The number of rotatable bonds is 2. The summed E-state index contributed by atoms with van der Waals surface area (Å²) in [4.78, 5) is 0. The van der Waals surface area contributed by atoms with Gasteiger partial charge in [-0.25, -0.2) is 0 Å². The second-order valence-corrected chi connectivity index (χ2v) is 5.39. The Balaban J connectivity index is 3.14. The quantitative estimate of drug-likeness (QED) is 0.781. The van der Waals surface area contributed by atoms with Gasteiger partial charge in [-0.15, -0.1) is 3.89 Å².